The maximum atomic E-state index is 13.3. The van der Waals surface area contributed by atoms with Gasteiger partial charge in [-0.2, -0.15) is 0 Å². The molecule has 2 aromatic carbocycles. The molecule has 2 fully saturated rings. The maximum Gasteiger partial charge on any atom is 0.253 e. The Balaban J connectivity index is 1.39. The average molecular weight is 520 g/mol. The summed E-state index contributed by atoms with van der Waals surface area (Å²) in [6.07, 6.45) is 10.7. The lowest BCUT2D eigenvalue weighted by atomic mass is 9.89. The number of hydrogen-bond acceptors (Lipinski definition) is 4. The Morgan fingerprint density at radius 1 is 0.974 bits per heavy atom. The fourth-order valence-electron chi connectivity index (χ4n) is 5.87. The molecule has 2 N–H and O–H groups in total. The highest BCUT2D eigenvalue weighted by atomic mass is 16.5. The van der Waals surface area contributed by atoms with Crippen LogP contribution in [0, 0.1) is 11.8 Å². The second kappa shape index (κ2) is 14.9. The van der Waals surface area contributed by atoms with Crippen molar-refractivity contribution in [3.63, 3.8) is 0 Å². The van der Waals surface area contributed by atoms with Crippen LogP contribution in [-0.2, 0) is 16.0 Å². The van der Waals surface area contributed by atoms with Crippen LogP contribution < -0.4 is 15.5 Å². The van der Waals surface area contributed by atoms with Gasteiger partial charge in [-0.3, -0.25) is 9.59 Å². The van der Waals surface area contributed by atoms with Crippen LogP contribution in [0.3, 0.4) is 0 Å². The van der Waals surface area contributed by atoms with Gasteiger partial charge in [-0.1, -0.05) is 56.0 Å². The number of nitrogens with one attached hydrogen (secondary N) is 2. The first-order valence-electron chi connectivity index (χ1n) is 14.7. The van der Waals surface area contributed by atoms with E-state index in [1.165, 1.54) is 31.2 Å². The molecule has 0 aromatic heterocycles. The zero-order valence-corrected chi connectivity index (χ0v) is 23.1. The number of amides is 2. The number of benzene rings is 2. The molecule has 2 aliphatic rings. The second-order valence-corrected chi connectivity index (χ2v) is 10.9. The highest BCUT2D eigenvalue weighted by Gasteiger charge is 2.24. The Labute approximate surface area is 228 Å². The summed E-state index contributed by atoms with van der Waals surface area (Å²) in [4.78, 5) is 28.3. The van der Waals surface area contributed by atoms with Crippen LogP contribution >= 0.6 is 0 Å². The van der Waals surface area contributed by atoms with Gasteiger partial charge in [-0.25, -0.2) is 0 Å². The lowest BCUT2D eigenvalue weighted by molar-refractivity contribution is -0.116. The van der Waals surface area contributed by atoms with Crippen LogP contribution in [0.25, 0.3) is 0 Å². The Hall–Kier alpha value is -2.86. The van der Waals surface area contributed by atoms with Crippen LogP contribution in [0.5, 0.6) is 0 Å². The quantitative estimate of drug-likeness (QED) is 0.309. The number of anilines is 2. The predicted molar refractivity (Wildman–Crippen MR) is 155 cm³/mol. The van der Waals surface area contributed by atoms with E-state index in [0.717, 1.165) is 50.9 Å². The molecule has 1 aliphatic heterocycles. The van der Waals surface area contributed by atoms with Crippen LogP contribution in [0.4, 0.5) is 11.4 Å². The molecule has 6 nitrogen and oxygen atoms in total. The molecule has 0 unspecified atom stereocenters. The van der Waals surface area contributed by atoms with E-state index in [1.54, 1.807) is 0 Å². The molecular weight excluding hydrogens is 474 g/mol. The highest BCUT2D eigenvalue weighted by Crippen LogP contribution is 2.31. The molecule has 1 aliphatic carbocycles. The molecule has 1 heterocycles. The molecule has 2 aromatic rings. The standard InChI is InChI=1S/C32H45N3O3/c1-2-38-22-8-19-33-32(37)29-24-28(34-31(36)16-13-25-9-6-7-10-25)14-15-30(29)35-20-17-27(18-21-35)23-26-11-4-3-5-12-26/h3-5,11-12,14-15,24-25,27H,2,6-10,13,16-23H2,1H3,(H,33,37)(H,34,36). The number of rotatable bonds is 13. The lowest BCUT2D eigenvalue weighted by Crippen LogP contribution is -2.36. The van der Waals surface area contributed by atoms with Crippen molar-refractivity contribution in [2.75, 3.05) is 43.1 Å². The molecular formula is C32H45N3O3. The third-order valence-corrected chi connectivity index (χ3v) is 8.06. The molecule has 6 heteroatoms. The minimum absolute atomic E-state index is 0.0365. The first-order chi connectivity index (χ1) is 18.6. The van der Waals surface area contributed by atoms with Crippen LogP contribution in [-0.4, -0.2) is 44.7 Å². The largest absolute Gasteiger partial charge is 0.382 e. The van der Waals surface area contributed by atoms with Gasteiger partial charge >= 0.3 is 0 Å². The molecule has 0 spiro atoms. The SMILES string of the molecule is CCOCCCNC(=O)c1cc(NC(=O)CCC2CCCC2)ccc1N1CCC(Cc2ccccc2)CC1. The molecule has 1 saturated carbocycles. The van der Waals surface area contributed by atoms with Gasteiger partial charge in [0.25, 0.3) is 5.91 Å². The summed E-state index contributed by atoms with van der Waals surface area (Å²) < 4.78 is 5.41. The summed E-state index contributed by atoms with van der Waals surface area (Å²) in [5, 5.41) is 6.12. The van der Waals surface area contributed by atoms with E-state index in [0.29, 0.717) is 49.3 Å². The number of piperidine rings is 1. The van der Waals surface area contributed by atoms with Gasteiger partial charge in [0.15, 0.2) is 0 Å². The van der Waals surface area contributed by atoms with Gasteiger partial charge in [0.05, 0.1) is 5.56 Å². The van der Waals surface area contributed by atoms with E-state index in [4.69, 9.17) is 4.74 Å². The summed E-state index contributed by atoms with van der Waals surface area (Å²) in [5.74, 6) is 1.29. The molecule has 2 amide bonds. The van der Waals surface area contributed by atoms with E-state index in [2.05, 4.69) is 45.9 Å². The number of nitrogens with zero attached hydrogens (tertiary/aromatic N) is 1. The molecule has 4 rings (SSSR count). The third kappa shape index (κ3) is 8.59. The van der Waals surface area contributed by atoms with Crippen LogP contribution in [0.1, 0.15) is 80.6 Å². The fraction of sp³-hybridized carbons (Fsp3) is 0.562. The highest BCUT2D eigenvalue weighted by molar-refractivity contribution is 6.02. The zero-order chi connectivity index (χ0) is 26.6. The summed E-state index contributed by atoms with van der Waals surface area (Å²) in [5.41, 5.74) is 3.68. The minimum atomic E-state index is -0.0926. The second-order valence-electron chi connectivity index (χ2n) is 10.9. The normalized spacial score (nSPS) is 16.5. The molecule has 0 radical (unpaired) electrons. The van der Waals surface area contributed by atoms with E-state index < -0.39 is 0 Å². The van der Waals surface area contributed by atoms with Crippen molar-refractivity contribution in [2.24, 2.45) is 11.8 Å². The zero-order valence-electron chi connectivity index (χ0n) is 23.1. The summed E-state index contributed by atoms with van der Waals surface area (Å²) in [7, 11) is 0. The van der Waals surface area contributed by atoms with Gasteiger partial charge in [0.1, 0.15) is 0 Å². The smallest absolute Gasteiger partial charge is 0.253 e. The molecule has 38 heavy (non-hydrogen) atoms. The van der Waals surface area contributed by atoms with Gasteiger partial charge in [-0.15, -0.1) is 0 Å². The number of ether oxygens (including phenoxy) is 1. The Kier molecular flexibility index (Phi) is 11.1. The first kappa shape index (κ1) is 28.2. The topological polar surface area (TPSA) is 70.7 Å². The van der Waals surface area contributed by atoms with Crippen molar-refractivity contribution in [1.29, 1.82) is 0 Å². The van der Waals surface area contributed by atoms with E-state index >= 15 is 0 Å². The van der Waals surface area contributed by atoms with Crippen LogP contribution in [0.15, 0.2) is 48.5 Å². The molecule has 0 atom stereocenters. The average Bonchev–Trinajstić information content (AvgIpc) is 3.47. The maximum absolute atomic E-state index is 13.3. The summed E-state index contributed by atoms with van der Waals surface area (Å²) >= 11 is 0. The minimum Gasteiger partial charge on any atom is -0.382 e. The van der Waals surface area contributed by atoms with Gasteiger partial charge in [-0.05, 0) is 74.6 Å². The van der Waals surface area contributed by atoms with Crippen molar-refractivity contribution < 1.29 is 14.3 Å². The Bertz CT molecular complexity index is 1010. The first-order valence-corrected chi connectivity index (χ1v) is 14.7. The predicted octanol–water partition coefficient (Wildman–Crippen LogP) is 6.21. The molecule has 206 valence electrons. The number of carbonyl (C=O) groups is 2. The van der Waals surface area contributed by atoms with Crippen molar-refractivity contribution in [3.05, 3.63) is 59.7 Å². The monoisotopic (exact) mass is 519 g/mol. The lowest BCUT2D eigenvalue weighted by Gasteiger charge is -2.35. The van der Waals surface area contributed by atoms with Crippen molar-refractivity contribution in [2.45, 2.75) is 71.1 Å². The Morgan fingerprint density at radius 3 is 2.47 bits per heavy atom. The summed E-state index contributed by atoms with van der Waals surface area (Å²) in [6.45, 7) is 5.71. The van der Waals surface area contributed by atoms with Crippen LogP contribution in [0.2, 0.25) is 0 Å². The fourth-order valence-corrected chi connectivity index (χ4v) is 5.87. The molecule has 1 saturated heterocycles. The van der Waals surface area contributed by atoms with Gasteiger partial charge < -0.3 is 20.3 Å². The van der Waals surface area contributed by atoms with Crippen molar-refractivity contribution in [3.8, 4) is 0 Å². The Morgan fingerprint density at radius 2 is 1.74 bits per heavy atom. The molecule has 0 bridgehead atoms. The van der Waals surface area contributed by atoms with E-state index in [9.17, 15) is 9.59 Å². The number of carbonyl (C=O) groups excluding carboxylic acids is 2. The van der Waals surface area contributed by atoms with Crippen molar-refractivity contribution >= 4 is 23.2 Å². The van der Waals surface area contributed by atoms with Gasteiger partial charge in [0, 0.05) is 50.6 Å². The van der Waals surface area contributed by atoms with Crippen molar-refractivity contribution in [1.82, 2.24) is 5.32 Å². The van der Waals surface area contributed by atoms with E-state index in [-0.39, 0.29) is 11.8 Å². The third-order valence-electron chi connectivity index (χ3n) is 8.06. The number of hydrogen-bond donors (Lipinski definition) is 2. The summed E-state index contributed by atoms with van der Waals surface area (Å²) in [6, 6.07) is 16.5. The van der Waals surface area contributed by atoms with E-state index in [1.807, 2.05) is 25.1 Å². The van der Waals surface area contributed by atoms with Gasteiger partial charge in [0.2, 0.25) is 5.91 Å².